The normalized spacial score (nSPS) is 12.7. The Hall–Kier alpha value is 0.0131. The van der Waals surface area contributed by atoms with Crippen LogP contribution in [0, 0.1) is 0 Å². The van der Waals surface area contributed by atoms with E-state index in [1.54, 1.807) is 18.2 Å². The third kappa shape index (κ3) is 12.5. The van der Waals surface area contributed by atoms with Gasteiger partial charge in [-0.1, -0.05) is 30.3 Å². The maximum absolute atomic E-state index is 10.9. The summed E-state index contributed by atoms with van der Waals surface area (Å²) in [6, 6.07) is 7.67. The van der Waals surface area contributed by atoms with Gasteiger partial charge in [-0.3, -0.25) is 9.12 Å². The zero-order valence-corrected chi connectivity index (χ0v) is 15.6. The Bertz CT molecular complexity index is 681. The van der Waals surface area contributed by atoms with Crippen molar-refractivity contribution in [1.82, 2.24) is 0 Å². The molecule has 1 rings (SSSR count). The molecule has 0 spiro atoms. The molecule has 0 saturated carbocycles. The van der Waals surface area contributed by atoms with Crippen LogP contribution >= 0.6 is 15.4 Å². The third-order valence-corrected chi connectivity index (χ3v) is 4.40. The molecule has 0 aliphatic rings. The zero-order chi connectivity index (χ0) is 16.9. The fraction of sp³-hybridized carbons (Fsp3) is 0. The van der Waals surface area contributed by atoms with E-state index < -0.39 is 30.2 Å². The molecule has 1 aromatic rings. The average Bonchev–Trinajstić information content (AvgIpc) is 2.22. The molecule has 0 aromatic heterocycles. The fourth-order valence-corrected chi connectivity index (χ4v) is 2.81. The van der Waals surface area contributed by atoms with Crippen LogP contribution in [0.1, 0.15) is 5.56 Å². The van der Waals surface area contributed by atoms with Gasteiger partial charge in [-0.2, -0.15) is 8.42 Å². The summed E-state index contributed by atoms with van der Waals surface area (Å²) in [5.41, 5.74) is 0.262. The quantitative estimate of drug-likeness (QED) is 0.271. The molecule has 0 fully saturated rings. The standard InChI is InChI=1S/C8H9O6PS.H3O4P.Zr/c9-15(10,11)8(16(12,13)14)6-7-4-2-1-3-5-7;1-5(2,3)4;/h1-6H,(H2,9,10,11)(H,12,13,14);(H3,1,2,3,4);/b8-6-;;. The molecular weight excluding hydrogens is 441 g/mol. The second-order valence-electron chi connectivity index (χ2n) is 3.43. The maximum atomic E-state index is 10.9. The van der Waals surface area contributed by atoms with Gasteiger partial charge in [0.15, 0.2) is 4.65 Å². The molecule has 6 N–H and O–H groups in total. The largest absolute Gasteiger partial charge is 0.466 e. The van der Waals surface area contributed by atoms with Crippen molar-refractivity contribution in [2.45, 2.75) is 0 Å². The van der Waals surface area contributed by atoms with Crippen LogP contribution in [0.3, 0.4) is 0 Å². The van der Waals surface area contributed by atoms with Gasteiger partial charge in [0.1, 0.15) is 0 Å². The van der Waals surface area contributed by atoms with Crippen LogP contribution in [0.15, 0.2) is 35.0 Å². The smallest absolute Gasteiger partial charge is 0.320 e. The Balaban J connectivity index is 0. The molecule has 0 radical (unpaired) electrons. The van der Waals surface area contributed by atoms with Gasteiger partial charge in [-0.25, -0.2) is 4.57 Å². The zero-order valence-electron chi connectivity index (χ0n) is 10.6. The summed E-state index contributed by atoms with van der Waals surface area (Å²) in [4.78, 5) is 39.1. The van der Waals surface area contributed by atoms with Gasteiger partial charge >= 0.3 is 25.5 Å². The molecule has 22 heavy (non-hydrogen) atoms. The molecule has 14 heteroatoms. The van der Waals surface area contributed by atoms with Gasteiger partial charge in [-0.05, 0) is 11.6 Å². The number of hydrogen-bond donors (Lipinski definition) is 6. The van der Waals surface area contributed by atoms with Crippen molar-refractivity contribution in [2.24, 2.45) is 0 Å². The van der Waals surface area contributed by atoms with Gasteiger partial charge in [0.25, 0.3) is 0 Å². The number of rotatable bonds is 3. The van der Waals surface area contributed by atoms with E-state index in [0.29, 0.717) is 0 Å². The molecule has 0 saturated heterocycles. The van der Waals surface area contributed by atoms with E-state index in [1.807, 2.05) is 0 Å². The van der Waals surface area contributed by atoms with E-state index in [1.165, 1.54) is 12.1 Å². The molecule has 124 valence electrons. The van der Waals surface area contributed by atoms with E-state index in [0.717, 1.165) is 6.08 Å². The number of hydrogen-bond acceptors (Lipinski definition) is 4. The molecule has 0 bridgehead atoms. The SMILES string of the molecule is O=P(O)(O)/C(=C/c1ccccc1)S(=O)(=O)O.O=P(O)(O)O.[Zr]. The Labute approximate surface area is 144 Å². The van der Waals surface area contributed by atoms with Crippen molar-refractivity contribution in [3.8, 4) is 0 Å². The summed E-state index contributed by atoms with van der Waals surface area (Å²) in [6.07, 6.45) is 0.732. The van der Waals surface area contributed by atoms with Crippen molar-refractivity contribution < 1.29 is 72.8 Å². The minimum atomic E-state index is -5.04. The summed E-state index contributed by atoms with van der Waals surface area (Å²) < 4.78 is 48.7. The van der Waals surface area contributed by atoms with Crippen LogP contribution in [0.4, 0.5) is 0 Å². The van der Waals surface area contributed by atoms with E-state index >= 15 is 0 Å². The van der Waals surface area contributed by atoms with Crippen molar-refractivity contribution in [3.63, 3.8) is 0 Å². The van der Waals surface area contributed by atoms with Gasteiger partial charge in [-0.15, -0.1) is 0 Å². The Morgan fingerprint density at radius 1 is 0.955 bits per heavy atom. The first kappa shape index (κ1) is 24.3. The van der Waals surface area contributed by atoms with E-state index in [2.05, 4.69) is 0 Å². The number of phosphoric acid groups is 1. The molecule has 0 amide bonds. The molecule has 1 aromatic carbocycles. The third-order valence-electron chi connectivity index (χ3n) is 1.64. The minimum absolute atomic E-state index is 0. The summed E-state index contributed by atoms with van der Waals surface area (Å²) in [5, 5.41) is 0. The van der Waals surface area contributed by atoms with Gasteiger partial charge in [0.05, 0.1) is 0 Å². The maximum Gasteiger partial charge on any atom is 0.466 e. The van der Waals surface area contributed by atoms with Crippen LogP contribution in [0.5, 0.6) is 0 Å². The summed E-state index contributed by atoms with van der Waals surface area (Å²) in [6.45, 7) is 0. The minimum Gasteiger partial charge on any atom is -0.320 e. The summed E-state index contributed by atoms with van der Waals surface area (Å²) >= 11 is 0. The van der Waals surface area contributed by atoms with Crippen LogP contribution in [0.25, 0.3) is 6.08 Å². The molecule has 10 nitrogen and oxygen atoms in total. The monoisotopic (exact) mass is 452 g/mol. The second-order valence-corrected chi connectivity index (χ2v) is 7.71. The Morgan fingerprint density at radius 3 is 1.59 bits per heavy atom. The number of benzene rings is 1. The first-order chi connectivity index (χ1) is 9.21. The molecule has 0 unspecified atom stereocenters. The molecule has 0 aliphatic carbocycles. The van der Waals surface area contributed by atoms with Gasteiger partial charge in [0, 0.05) is 26.2 Å². The molecule has 0 heterocycles. The fourth-order valence-electron chi connectivity index (χ4n) is 1.00. The van der Waals surface area contributed by atoms with E-state index in [9.17, 15) is 13.0 Å². The summed E-state index contributed by atoms with van der Waals surface area (Å²) in [7, 11) is -14.6. The molecule has 0 atom stereocenters. The topological polar surface area (TPSA) is 190 Å². The second kappa shape index (κ2) is 9.34. The molecular formula is C8H12O10P2SZr. The first-order valence-electron chi connectivity index (χ1n) is 4.80. The van der Waals surface area contributed by atoms with Crippen LogP contribution in [-0.4, -0.2) is 37.4 Å². The van der Waals surface area contributed by atoms with Crippen molar-refractivity contribution >= 4 is 31.6 Å². The van der Waals surface area contributed by atoms with Crippen molar-refractivity contribution in [2.75, 3.05) is 0 Å². The Kier molecular flexibility index (Phi) is 10.3. The van der Waals surface area contributed by atoms with Crippen molar-refractivity contribution in [1.29, 1.82) is 0 Å². The van der Waals surface area contributed by atoms with Crippen LogP contribution < -0.4 is 0 Å². The van der Waals surface area contributed by atoms with Crippen molar-refractivity contribution in [3.05, 3.63) is 40.5 Å². The van der Waals surface area contributed by atoms with E-state index in [4.69, 9.17) is 33.6 Å². The predicted molar refractivity (Wildman–Crippen MR) is 72.3 cm³/mol. The summed E-state index contributed by atoms with van der Waals surface area (Å²) in [5.74, 6) is 0. The molecule has 0 aliphatic heterocycles. The van der Waals surface area contributed by atoms with Gasteiger partial charge in [0.2, 0.25) is 0 Å². The predicted octanol–water partition coefficient (Wildman–Crippen LogP) is 0.119. The van der Waals surface area contributed by atoms with Crippen LogP contribution in [0.2, 0.25) is 0 Å². The van der Waals surface area contributed by atoms with Crippen LogP contribution in [-0.2, 0) is 45.5 Å². The van der Waals surface area contributed by atoms with E-state index in [-0.39, 0.29) is 31.8 Å². The average molecular weight is 453 g/mol. The Morgan fingerprint density at radius 2 is 1.32 bits per heavy atom. The first-order valence-corrected chi connectivity index (χ1v) is 9.41. The van der Waals surface area contributed by atoms with Gasteiger partial charge < -0.3 is 24.5 Å².